The quantitative estimate of drug-likeness (QED) is 0.571. The largest absolute Gasteiger partial charge is 0.511 e. The second-order valence-electron chi connectivity index (χ2n) is 8.29. The molecule has 0 unspecified atom stereocenters. The Morgan fingerprint density at radius 2 is 1.78 bits per heavy atom. The predicted molar refractivity (Wildman–Crippen MR) is 117 cm³/mol. The first-order valence-electron chi connectivity index (χ1n) is 10.1. The minimum absolute atomic E-state index is 0.0725. The Morgan fingerprint density at radius 1 is 1.12 bits per heavy atom. The van der Waals surface area contributed by atoms with Gasteiger partial charge in [-0.1, -0.05) is 30.3 Å². The number of amides is 2. The van der Waals surface area contributed by atoms with Crippen LogP contribution in [0.15, 0.2) is 59.9 Å². The Hall–Kier alpha value is -3.81. The molecule has 3 N–H and O–H groups in total. The minimum atomic E-state index is -1.24. The maximum absolute atomic E-state index is 13.1. The summed E-state index contributed by atoms with van der Waals surface area (Å²) in [5.41, 5.74) is 0.659. The van der Waals surface area contributed by atoms with Gasteiger partial charge >= 0.3 is 5.97 Å². The van der Waals surface area contributed by atoms with Crippen LogP contribution in [0.25, 0.3) is 0 Å². The van der Waals surface area contributed by atoms with Gasteiger partial charge in [0, 0.05) is 18.5 Å². The number of aliphatic hydroxyl groups is 1. The highest BCUT2D eigenvalue weighted by molar-refractivity contribution is 6.19. The first kappa shape index (κ1) is 22.9. The van der Waals surface area contributed by atoms with Gasteiger partial charge in [-0.3, -0.25) is 14.4 Å². The van der Waals surface area contributed by atoms with Crippen LogP contribution in [0.1, 0.15) is 31.4 Å². The van der Waals surface area contributed by atoms with Crippen molar-refractivity contribution in [1.29, 1.82) is 0 Å². The third-order valence-electron chi connectivity index (χ3n) is 5.29. The van der Waals surface area contributed by atoms with Crippen molar-refractivity contribution in [1.82, 2.24) is 10.2 Å². The van der Waals surface area contributed by atoms with Crippen LogP contribution in [0, 0.1) is 6.92 Å². The Balaban J connectivity index is 1.76. The molecule has 0 saturated carbocycles. The van der Waals surface area contributed by atoms with Crippen LogP contribution in [0.3, 0.4) is 0 Å². The van der Waals surface area contributed by atoms with Gasteiger partial charge in [0.15, 0.2) is 0 Å². The van der Waals surface area contributed by atoms with Gasteiger partial charge in [-0.05, 0) is 50.1 Å². The molecule has 0 spiro atoms. The highest BCUT2D eigenvalue weighted by atomic mass is 16.5. The number of ether oxygens (including phenoxy) is 1. The average molecular weight is 438 g/mol. The molecule has 1 aliphatic rings. The molecule has 2 aromatic carbocycles. The number of nitrogens with one attached hydrogen (secondary N) is 1. The zero-order chi connectivity index (χ0) is 23.5. The van der Waals surface area contributed by atoms with Gasteiger partial charge in [0.25, 0.3) is 11.8 Å². The van der Waals surface area contributed by atoms with Crippen molar-refractivity contribution in [3.8, 4) is 11.5 Å². The molecule has 0 bridgehead atoms. The van der Waals surface area contributed by atoms with E-state index >= 15 is 0 Å². The van der Waals surface area contributed by atoms with Crippen LogP contribution < -0.4 is 10.1 Å². The molecule has 2 aromatic rings. The van der Waals surface area contributed by atoms with E-state index in [1.807, 2.05) is 43.3 Å². The number of hydrogen-bond acceptors (Lipinski definition) is 5. The first-order chi connectivity index (χ1) is 15.1. The Bertz CT molecular complexity index is 1070. The number of para-hydroxylation sites is 1. The van der Waals surface area contributed by atoms with Crippen LogP contribution in [0.4, 0.5) is 0 Å². The van der Waals surface area contributed by atoms with E-state index in [-0.39, 0.29) is 18.7 Å². The normalized spacial score (nSPS) is 15.5. The van der Waals surface area contributed by atoms with Crippen molar-refractivity contribution in [2.45, 2.75) is 39.3 Å². The van der Waals surface area contributed by atoms with Crippen LogP contribution in [0.2, 0.25) is 0 Å². The lowest BCUT2D eigenvalue weighted by atomic mass is 9.88. The van der Waals surface area contributed by atoms with Crippen molar-refractivity contribution in [2.75, 3.05) is 6.54 Å². The van der Waals surface area contributed by atoms with Gasteiger partial charge in [0.2, 0.25) is 0 Å². The van der Waals surface area contributed by atoms with Gasteiger partial charge in [-0.2, -0.15) is 0 Å². The summed E-state index contributed by atoms with van der Waals surface area (Å²) in [5, 5.41) is 21.2. The standard InChI is InChI=1S/C24H26N2O6/c1-15-6-4-5-7-19(15)32-17-10-8-16(9-11-17)14-26-23(31)21(18(27)12-24(26,2)3)22(30)25-13-20(28)29/h4-11,27H,12-14H2,1-3H3,(H,25,30)(H,28,29). The Morgan fingerprint density at radius 3 is 2.41 bits per heavy atom. The van der Waals surface area contributed by atoms with E-state index in [0.717, 1.165) is 16.9 Å². The van der Waals surface area contributed by atoms with Gasteiger partial charge in [0.05, 0.1) is 0 Å². The number of carbonyl (C=O) groups is 3. The molecule has 0 fully saturated rings. The molecule has 0 aliphatic carbocycles. The number of carboxylic acids is 1. The van der Waals surface area contributed by atoms with Crippen LogP contribution in [0.5, 0.6) is 11.5 Å². The topological polar surface area (TPSA) is 116 Å². The molecule has 0 aromatic heterocycles. The third-order valence-corrected chi connectivity index (χ3v) is 5.29. The second-order valence-corrected chi connectivity index (χ2v) is 8.29. The summed E-state index contributed by atoms with van der Waals surface area (Å²) >= 11 is 0. The van der Waals surface area contributed by atoms with Crippen molar-refractivity contribution in [2.24, 2.45) is 0 Å². The molecule has 168 valence electrons. The van der Waals surface area contributed by atoms with Crippen molar-refractivity contribution < 1.29 is 29.3 Å². The Labute approximate surface area is 186 Å². The number of aliphatic hydroxyl groups excluding tert-OH is 1. The summed E-state index contributed by atoms with van der Waals surface area (Å²) in [7, 11) is 0. The molecule has 0 saturated heterocycles. The zero-order valence-electron chi connectivity index (χ0n) is 18.2. The van der Waals surface area contributed by atoms with E-state index in [9.17, 15) is 19.5 Å². The zero-order valence-corrected chi connectivity index (χ0v) is 18.2. The molecule has 1 aliphatic heterocycles. The van der Waals surface area contributed by atoms with E-state index in [1.165, 1.54) is 4.90 Å². The van der Waals surface area contributed by atoms with E-state index in [0.29, 0.717) is 5.75 Å². The molecule has 2 amide bonds. The fourth-order valence-corrected chi connectivity index (χ4v) is 3.53. The third kappa shape index (κ3) is 5.08. The van der Waals surface area contributed by atoms with Gasteiger partial charge in [-0.15, -0.1) is 0 Å². The van der Waals surface area contributed by atoms with Crippen molar-refractivity contribution in [3.05, 3.63) is 71.0 Å². The molecule has 8 heteroatoms. The fraction of sp³-hybridized carbons (Fsp3) is 0.292. The van der Waals surface area contributed by atoms with E-state index in [2.05, 4.69) is 5.32 Å². The number of carbonyl (C=O) groups excluding carboxylic acids is 2. The molecule has 3 rings (SSSR count). The maximum atomic E-state index is 13.1. The number of hydrogen-bond donors (Lipinski definition) is 3. The lowest BCUT2D eigenvalue weighted by Crippen LogP contribution is -2.53. The summed E-state index contributed by atoms with van der Waals surface area (Å²) in [6.07, 6.45) is 0.0725. The SMILES string of the molecule is Cc1ccccc1Oc1ccc(CN2C(=O)C(C(=O)NCC(=O)O)=C(O)CC2(C)C)cc1. The van der Waals surface area contributed by atoms with Crippen LogP contribution in [-0.4, -0.2) is 45.0 Å². The number of benzene rings is 2. The second kappa shape index (κ2) is 9.13. The minimum Gasteiger partial charge on any atom is -0.511 e. The maximum Gasteiger partial charge on any atom is 0.322 e. The lowest BCUT2D eigenvalue weighted by molar-refractivity contribution is -0.140. The number of aliphatic carboxylic acids is 1. The van der Waals surface area contributed by atoms with Gasteiger partial charge in [0.1, 0.15) is 29.4 Å². The summed E-state index contributed by atoms with van der Waals surface area (Å²) in [6, 6.07) is 14.9. The number of nitrogens with zero attached hydrogens (tertiary/aromatic N) is 1. The highest BCUT2D eigenvalue weighted by Crippen LogP contribution is 2.33. The molecular weight excluding hydrogens is 412 g/mol. The molecule has 0 atom stereocenters. The number of rotatable bonds is 7. The number of aryl methyl sites for hydroxylation is 1. The fourth-order valence-electron chi connectivity index (χ4n) is 3.53. The van der Waals surface area contributed by atoms with Crippen LogP contribution >= 0.6 is 0 Å². The summed E-state index contributed by atoms with van der Waals surface area (Å²) in [6.45, 7) is 5.11. The lowest BCUT2D eigenvalue weighted by Gasteiger charge is -2.42. The predicted octanol–water partition coefficient (Wildman–Crippen LogP) is 3.31. The molecular formula is C24H26N2O6. The molecule has 0 radical (unpaired) electrons. The van der Waals surface area contributed by atoms with Crippen LogP contribution in [-0.2, 0) is 20.9 Å². The van der Waals surface area contributed by atoms with E-state index in [4.69, 9.17) is 9.84 Å². The molecule has 32 heavy (non-hydrogen) atoms. The van der Waals surface area contributed by atoms with Crippen molar-refractivity contribution >= 4 is 17.8 Å². The molecule has 1 heterocycles. The molecule has 8 nitrogen and oxygen atoms in total. The van der Waals surface area contributed by atoms with Crippen molar-refractivity contribution in [3.63, 3.8) is 0 Å². The Kier molecular flexibility index (Phi) is 6.53. The highest BCUT2D eigenvalue weighted by Gasteiger charge is 2.42. The monoisotopic (exact) mass is 438 g/mol. The van der Waals surface area contributed by atoms with E-state index < -0.39 is 35.4 Å². The summed E-state index contributed by atoms with van der Waals surface area (Å²) in [5.74, 6) is -1.74. The first-order valence-corrected chi connectivity index (χ1v) is 10.1. The average Bonchev–Trinajstić information content (AvgIpc) is 2.72. The number of carboxylic acid groups (broad SMARTS) is 1. The smallest absolute Gasteiger partial charge is 0.322 e. The summed E-state index contributed by atoms with van der Waals surface area (Å²) in [4.78, 5) is 37.6. The van der Waals surface area contributed by atoms with E-state index in [1.54, 1.807) is 26.0 Å². The van der Waals surface area contributed by atoms with Gasteiger partial charge < -0.3 is 25.2 Å². The summed E-state index contributed by atoms with van der Waals surface area (Å²) < 4.78 is 5.90. The van der Waals surface area contributed by atoms with Gasteiger partial charge in [-0.25, -0.2) is 0 Å².